The van der Waals surface area contributed by atoms with Gasteiger partial charge in [0.1, 0.15) is 18.4 Å². The quantitative estimate of drug-likeness (QED) is 0.306. The smallest absolute Gasteiger partial charge is 0.313 e. The van der Waals surface area contributed by atoms with E-state index in [9.17, 15) is 9.90 Å². The molecule has 0 unspecified atom stereocenters. The van der Waals surface area contributed by atoms with E-state index in [0.717, 1.165) is 22.9 Å². The van der Waals surface area contributed by atoms with Crippen LogP contribution in [0.25, 0.3) is 39.2 Å². The van der Waals surface area contributed by atoms with Crippen molar-refractivity contribution in [2.45, 2.75) is 5.16 Å². The molecule has 0 saturated carbocycles. The molecule has 9 nitrogen and oxygen atoms in total. The third-order valence-electron chi connectivity index (χ3n) is 4.87. The minimum atomic E-state index is -0.925. The number of fused-ring (bicyclic) bond motifs is 1. The molecule has 3 heterocycles. The minimum Gasteiger partial charge on any atom is -0.507 e. The van der Waals surface area contributed by atoms with Crippen LogP contribution in [0.5, 0.6) is 5.75 Å². The van der Waals surface area contributed by atoms with Gasteiger partial charge in [0.15, 0.2) is 10.8 Å². The first-order valence-corrected chi connectivity index (χ1v) is 11.0. The van der Waals surface area contributed by atoms with Crippen LogP contribution in [-0.2, 0) is 4.79 Å². The van der Waals surface area contributed by atoms with E-state index in [1.165, 1.54) is 6.33 Å². The van der Waals surface area contributed by atoms with E-state index in [2.05, 4.69) is 25.0 Å². The van der Waals surface area contributed by atoms with Crippen molar-refractivity contribution in [3.8, 4) is 33.8 Å². The molecule has 0 spiro atoms. The maximum Gasteiger partial charge on any atom is 0.313 e. The highest BCUT2D eigenvalue weighted by Crippen LogP contribution is 2.34. The first-order valence-electron chi connectivity index (χ1n) is 9.67. The molecule has 5 aromatic rings. The molecule has 0 aliphatic heterocycles. The Labute approximate surface area is 196 Å². The number of nitrogens with zero attached hydrogens (tertiary/aromatic N) is 5. The summed E-state index contributed by atoms with van der Waals surface area (Å²) in [6.07, 6.45) is 2.99. The third-order valence-corrected chi connectivity index (χ3v) is 6.02. The van der Waals surface area contributed by atoms with Crippen LogP contribution in [0.1, 0.15) is 0 Å². The second-order valence-corrected chi connectivity index (χ2v) is 8.40. The van der Waals surface area contributed by atoms with Crippen molar-refractivity contribution in [1.82, 2.24) is 29.7 Å². The third kappa shape index (κ3) is 4.26. The lowest BCUT2D eigenvalue weighted by atomic mass is 10.0. The van der Waals surface area contributed by atoms with Crippen LogP contribution in [0.4, 0.5) is 0 Å². The van der Waals surface area contributed by atoms with E-state index in [4.69, 9.17) is 16.7 Å². The van der Waals surface area contributed by atoms with Crippen molar-refractivity contribution >= 4 is 40.5 Å². The molecular weight excluding hydrogens is 464 g/mol. The first-order chi connectivity index (χ1) is 16.0. The maximum absolute atomic E-state index is 10.8. The molecular formula is C22H15ClN6O3S. The van der Waals surface area contributed by atoms with Crippen LogP contribution in [0.3, 0.4) is 0 Å². The van der Waals surface area contributed by atoms with Gasteiger partial charge in [0.05, 0.1) is 27.7 Å². The summed E-state index contributed by atoms with van der Waals surface area (Å²) in [6.45, 7) is 0. The number of hydrogen-bond acceptors (Lipinski definition) is 7. The fourth-order valence-electron chi connectivity index (χ4n) is 3.35. The van der Waals surface area contributed by atoms with Gasteiger partial charge in [0.25, 0.3) is 0 Å². The highest BCUT2D eigenvalue weighted by atomic mass is 35.5. The SMILES string of the molecule is O=C(O)CSc1nc2nc(-c3ccc(-c4ccc(-n5cncn5)cc4O)cc3)c(Cl)cc2[nH]1. The highest BCUT2D eigenvalue weighted by Gasteiger charge is 2.13. The zero-order valence-electron chi connectivity index (χ0n) is 16.8. The molecule has 33 heavy (non-hydrogen) atoms. The summed E-state index contributed by atoms with van der Waals surface area (Å²) in [5, 5.41) is 24.3. The number of thioether (sulfide) groups is 1. The lowest BCUT2D eigenvalue weighted by molar-refractivity contribution is -0.133. The standard InChI is InChI=1S/C22H15ClN6O3S/c23-16-8-17-21(28-22(26-17)33-9-19(31)32)27-20(16)13-3-1-12(2-4-13)15-6-5-14(7-18(15)30)29-11-24-10-25-29/h1-8,10-11,30H,9H2,(H,31,32)(H,26,27,28). The van der Waals surface area contributed by atoms with Gasteiger partial charge in [0, 0.05) is 17.2 Å². The average molecular weight is 479 g/mol. The van der Waals surface area contributed by atoms with Crippen LogP contribution in [0.15, 0.2) is 66.3 Å². The van der Waals surface area contributed by atoms with Gasteiger partial charge in [-0.2, -0.15) is 5.10 Å². The van der Waals surface area contributed by atoms with Gasteiger partial charge >= 0.3 is 5.97 Å². The summed E-state index contributed by atoms with van der Waals surface area (Å²) in [6, 6.07) is 14.5. The molecule has 0 radical (unpaired) electrons. The number of aromatic nitrogens is 6. The lowest BCUT2D eigenvalue weighted by Crippen LogP contribution is -1.97. The molecule has 0 aliphatic rings. The number of aromatic amines is 1. The molecule has 0 amide bonds. The summed E-state index contributed by atoms with van der Waals surface area (Å²) in [5.41, 5.74) is 4.63. The Balaban J connectivity index is 1.43. The van der Waals surface area contributed by atoms with Crippen molar-refractivity contribution in [3.63, 3.8) is 0 Å². The Hall–Kier alpha value is -3.89. The highest BCUT2D eigenvalue weighted by molar-refractivity contribution is 7.99. The number of pyridine rings is 1. The number of carboxylic acid groups (broad SMARTS) is 1. The van der Waals surface area contributed by atoms with Gasteiger partial charge in [0.2, 0.25) is 0 Å². The number of aliphatic carboxylic acids is 1. The molecule has 5 rings (SSSR count). The number of phenolic OH excluding ortho intramolecular Hbond substituents is 1. The van der Waals surface area contributed by atoms with Crippen LogP contribution in [0, 0.1) is 0 Å². The molecule has 0 bridgehead atoms. The Morgan fingerprint density at radius 1 is 1.09 bits per heavy atom. The van der Waals surface area contributed by atoms with Crippen LogP contribution in [-0.4, -0.2) is 51.7 Å². The fourth-order valence-corrected chi connectivity index (χ4v) is 4.21. The van der Waals surface area contributed by atoms with Crippen LogP contribution < -0.4 is 0 Å². The van der Waals surface area contributed by atoms with E-state index < -0.39 is 5.97 Å². The molecule has 0 atom stereocenters. The second kappa shape index (κ2) is 8.57. The molecule has 0 aliphatic carbocycles. The summed E-state index contributed by atoms with van der Waals surface area (Å²) in [5.74, 6) is -0.906. The van der Waals surface area contributed by atoms with E-state index in [-0.39, 0.29) is 11.5 Å². The average Bonchev–Trinajstić information content (AvgIpc) is 3.47. The Morgan fingerprint density at radius 2 is 1.88 bits per heavy atom. The van der Waals surface area contributed by atoms with Gasteiger partial charge in [-0.15, -0.1) is 0 Å². The molecule has 3 aromatic heterocycles. The Morgan fingerprint density at radius 3 is 2.58 bits per heavy atom. The number of H-pyrrole nitrogens is 1. The number of hydrogen-bond donors (Lipinski definition) is 3. The van der Waals surface area contributed by atoms with Gasteiger partial charge in [-0.25, -0.2) is 19.6 Å². The zero-order valence-corrected chi connectivity index (χ0v) is 18.4. The zero-order chi connectivity index (χ0) is 22.9. The second-order valence-electron chi connectivity index (χ2n) is 7.03. The number of halogens is 1. The summed E-state index contributed by atoms with van der Waals surface area (Å²) in [7, 11) is 0. The van der Waals surface area contributed by atoms with Crippen LogP contribution >= 0.6 is 23.4 Å². The van der Waals surface area contributed by atoms with E-state index in [1.54, 1.807) is 23.1 Å². The number of aromatic hydroxyl groups is 1. The fraction of sp³-hybridized carbons (Fsp3) is 0.0455. The molecule has 0 fully saturated rings. The van der Waals surface area contributed by atoms with Gasteiger partial charge in [-0.1, -0.05) is 47.6 Å². The molecule has 3 N–H and O–H groups in total. The molecule has 0 saturated heterocycles. The monoisotopic (exact) mass is 478 g/mol. The molecule has 11 heteroatoms. The van der Waals surface area contributed by atoms with E-state index >= 15 is 0 Å². The van der Waals surface area contributed by atoms with Gasteiger partial charge in [-0.3, -0.25) is 4.79 Å². The first kappa shape index (κ1) is 21.0. The molecule has 2 aromatic carbocycles. The normalized spacial score (nSPS) is 11.2. The number of phenols is 1. The van der Waals surface area contributed by atoms with E-state index in [1.807, 2.05) is 36.4 Å². The summed E-state index contributed by atoms with van der Waals surface area (Å²) >= 11 is 7.54. The number of benzene rings is 2. The molecule has 164 valence electrons. The van der Waals surface area contributed by atoms with Crippen molar-refractivity contribution in [3.05, 3.63) is 66.2 Å². The van der Waals surface area contributed by atoms with Crippen molar-refractivity contribution in [2.75, 3.05) is 5.75 Å². The summed E-state index contributed by atoms with van der Waals surface area (Å²) < 4.78 is 1.57. The van der Waals surface area contributed by atoms with Crippen molar-refractivity contribution in [2.24, 2.45) is 0 Å². The largest absolute Gasteiger partial charge is 0.507 e. The van der Waals surface area contributed by atoms with Crippen molar-refractivity contribution in [1.29, 1.82) is 0 Å². The predicted molar refractivity (Wildman–Crippen MR) is 125 cm³/mol. The maximum atomic E-state index is 10.8. The number of nitrogens with one attached hydrogen (secondary N) is 1. The van der Waals surface area contributed by atoms with Crippen molar-refractivity contribution < 1.29 is 15.0 Å². The number of imidazole rings is 1. The predicted octanol–water partition coefficient (Wildman–Crippen LogP) is 4.41. The Kier molecular flexibility index (Phi) is 5.45. The van der Waals surface area contributed by atoms with Gasteiger partial charge < -0.3 is 15.2 Å². The van der Waals surface area contributed by atoms with E-state index in [0.29, 0.717) is 38.3 Å². The minimum absolute atomic E-state index is 0.103. The number of rotatable bonds is 6. The Bertz CT molecular complexity index is 1470. The lowest BCUT2D eigenvalue weighted by Gasteiger charge is -2.09. The van der Waals surface area contributed by atoms with Crippen LogP contribution in [0.2, 0.25) is 5.02 Å². The number of carbonyl (C=O) groups is 1. The van der Waals surface area contributed by atoms with Gasteiger partial charge in [-0.05, 0) is 23.8 Å². The topological polar surface area (TPSA) is 130 Å². The number of carboxylic acids is 1. The summed E-state index contributed by atoms with van der Waals surface area (Å²) in [4.78, 5) is 26.6.